The number of esters is 3. The Morgan fingerprint density at radius 2 is 1.00 bits per heavy atom. The van der Waals surface area contributed by atoms with E-state index in [9.17, 15) is 59.9 Å². The van der Waals surface area contributed by atoms with Crippen LogP contribution in [0.25, 0.3) is 0 Å². The first-order valence-corrected chi connectivity index (χ1v) is 28.6. The van der Waals surface area contributed by atoms with Crippen LogP contribution in [-0.4, -0.2) is 176 Å². The van der Waals surface area contributed by atoms with E-state index in [-0.39, 0.29) is 42.8 Å². The molecule has 3 aromatic carbocycles. The molecule has 0 saturated heterocycles. The van der Waals surface area contributed by atoms with Crippen molar-refractivity contribution < 1.29 is 63.7 Å². The number of benzene rings is 3. The number of nitrogens with zero attached hydrogens (tertiary/aromatic N) is 12. The van der Waals surface area contributed by atoms with Gasteiger partial charge >= 0.3 is 17.9 Å². The molecule has 434 valence electrons. The van der Waals surface area contributed by atoms with Crippen LogP contribution >= 0.6 is 23.5 Å². The third-order valence-corrected chi connectivity index (χ3v) is 16.2. The summed E-state index contributed by atoms with van der Waals surface area (Å²) in [4.78, 5) is 68.5. The number of sulfonamides is 3. The van der Waals surface area contributed by atoms with Crippen molar-refractivity contribution in [1.29, 1.82) is 0 Å². The summed E-state index contributed by atoms with van der Waals surface area (Å²) < 4.78 is 104. The number of nitrogen functional groups attached to an aromatic ring is 1. The number of aryl methyl sites for hydroxylation is 2. The summed E-state index contributed by atoms with van der Waals surface area (Å²) in [6.45, 7) is 2.25. The van der Waals surface area contributed by atoms with Gasteiger partial charge in [0.1, 0.15) is 44.3 Å². The quantitative estimate of drug-likeness (QED) is 0.0139. The predicted octanol–water partition coefficient (Wildman–Crippen LogP) is 4.64. The number of rotatable bonds is 22. The van der Waals surface area contributed by atoms with Crippen molar-refractivity contribution in [2.75, 3.05) is 81.2 Å². The van der Waals surface area contributed by atoms with Gasteiger partial charge in [-0.25, -0.2) is 24.4 Å². The highest BCUT2D eigenvalue weighted by Gasteiger charge is 2.32. The molecule has 0 amide bonds. The molecule has 30 nitrogen and oxygen atoms in total. The number of nitrogens with one attached hydrogen (secondary N) is 1. The van der Waals surface area contributed by atoms with Crippen molar-refractivity contribution in [2.24, 2.45) is 27.3 Å². The average Bonchev–Trinajstić information content (AvgIpc) is 4.04. The maximum Gasteiger partial charge on any atom is 0.338 e. The molecule has 5 rings (SSSR count). The third kappa shape index (κ3) is 18.2. The van der Waals surface area contributed by atoms with E-state index in [0.29, 0.717) is 23.3 Å². The first-order chi connectivity index (χ1) is 37.3. The van der Waals surface area contributed by atoms with Gasteiger partial charge in [-0.1, -0.05) is 13.3 Å². The molecular formula is C45H58N14O16S5. The molecule has 0 bridgehead atoms. The van der Waals surface area contributed by atoms with Crippen molar-refractivity contribution in [3.63, 3.8) is 0 Å². The van der Waals surface area contributed by atoms with E-state index in [2.05, 4.69) is 42.7 Å². The van der Waals surface area contributed by atoms with Gasteiger partial charge in [-0.2, -0.15) is 25.3 Å². The number of hydrogen-bond donors (Lipinski definition) is 2. The predicted molar refractivity (Wildman–Crippen MR) is 297 cm³/mol. The van der Waals surface area contributed by atoms with E-state index in [1.165, 1.54) is 40.1 Å². The lowest BCUT2D eigenvalue weighted by atomic mass is 10.1. The Kier molecular flexibility index (Phi) is 24.1. The minimum absolute atomic E-state index is 0.0211. The van der Waals surface area contributed by atoms with E-state index in [0.717, 1.165) is 87.4 Å². The van der Waals surface area contributed by atoms with Crippen LogP contribution in [0, 0.1) is 20.2 Å². The summed E-state index contributed by atoms with van der Waals surface area (Å²) >= 11 is 1.85. The molecule has 0 atom stereocenters. The third-order valence-electron chi connectivity index (χ3n) is 9.71. The summed E-state index contributed by atoms with van der Waals surface area (Å²) in [7, 11) is 3.61. The van der Waals surface area contributed by atoms with E-state index >= 15 is 0 Å². The van der Waals surface area contributed by atoms with Gasteiger partial charge < -0.3 is 49.1 Å². The molecule has 0 aliphatic heterocycles. The van der Waals surface area contributed by atoms with Crippen molar-refractivity contribution in [3.8, 4) is 0 Å². The SMILES string of the molecule is CCCCNc1c([N+](=O)[O-])cc(C(=O)OC)cc1S(=O)(=O)N=CN(C)C.COC(=O)c1cc(N)c(Sc2nccn2C)c(S(=O)(=O)N=CN(C)C)c1.COC(=O)c1cc([N+](=O)[O-])c(Sc2nccn2C)c(S(=O)(=O)N=CN(C)C)c1. The summed E-state index contributed by atoms with van der Waals surface area (Å²) in [5.41, 5.74) is 4.33. The topological polar surface area (TPSA) is 388 Å². The zero-order valence-corrected chi connectivity index (χ0v) is 49.2. The lowest BCUT2D eigenvalue weighted by molar-refractivity contribution is -0.388. The molecule has 0 aliphatic carbocycles. The van der Waals surface area contributed by atoms with Crippen molar-refractivity contribution >= 4 is 113 Å². The highest BCUT2D eigenvalue weighted by Crippen LogP contribution is 2.41. The Labute approximate surface area is 469 Å². The van der Waals surface area contributed by atoms with Crippen molar-refractivity contribution in [3.05, 3.63) is 98.1 Å². The number of hydrogen-bond acceptors (Lipinski definition) is 22. The molecule has 0 saturated carbocycles. The first kappa shape index (κ1) is 66.1. The largest absolute Gasteiger partial charge is 0.465 e. The number of nitrogens with two attached hydrogens (primary N) is 1. The Bertz CT molecular complexity index is 3530. The molecule has 5 aromatic rings. The summed E-state index contributed by atoms with van der Waals surface area (Å²) in [6, 6.07) is 6.55. The maximum absolute atomic E-state index is 12.8. The van der Waals surface area contributed by atoms with Gasteiger partial charge in [-0.3, -0.25) is 20.2 Å². The van der Waals surface area contributed by atoms with Crippen LogP contribution in [0.3, 0.4) is 0 Å². The fraction of sp³-hybridized carbons (Fsp3) is 0.333. The molecule has 2 aromatic heterocycles. The number of unbranched alkanes of at least 4 members (excludes halogenated alkanes) is 1. The number of aromatic nitrogens is 4. The van der Waals surface area contributed by atoms with Gasteiger partial charge in [-0.15, -0.1) is 13.2 Å². The molecule has 0 spiro atoms. The Morgan fingerprint density at radius 1 is 0.637 bits per heavy atom. The van der Waals surface area contributed by atoms with Crippen LogP contribution in [0.15, 0.2) is 109 Å². The van der Waals surface area contributed by atoms with Crippen LogP contribution in [0.4, 0.5) is 22.7 Å². The van der Waals surface area contributed by atoms with E-state index < -0.39 is 79.0 Å². The van der Waals surface area contributed by atoms with Gasteiger partial charge in [-0.05, 0) is 54.2 Å². The molecular weight excluding hydrogens is 1150 g/mol. The van der Waals surface area contributed by atoms with Crippen LogP contribution < -0.4 is 11.1 Å². The second-order valence-corrected chi connectivity index (χ2v) is 23.4. The van der Waals surface area contributed by atoms with Gasteiger partial charge in [0.2, 0.25) is 0 Å². The van der Waals surface area contributed by atoms with Crippen LogP contribution in [0.1, 0.15) is 50.8 Å². The van der Waals surface area contributed by atoms with Crippen molar-refractivity contribution in [1.82, 2.24) is 33.8 Å². The number of anilines is 2. The van der Waals surface area contributed by atoms with E-state index in [1.807, 2.05) is 6.92 Å². The number of nitro groups is 2. The van der Waals surface area contributed by atoms with Gasteiger partial charge in [0.15, 0.2) is 10.3 Å². The number of nitro benzene ring substituents is 2. The molecule has 80 heavy (non-hydrogen) atoms. The van der Waals surface area contributed by atoms with Crippen LogP contribution in [-0.2, 0) is 58.4 Å². The van der Waals surface area contributed by atoms with Crippen LogP contribution in [0.2, 0.25) is 0 Å². The lowest BCUT2D eigenvalue weighted by Crippen LogP contribution is -2.14. The fourth-order valence-corrected chi connectivity index (χ4v) is 11.7. The smallest absolute Gasteiger partial charge is 0.338 e. The number of imidazole rings is 2. The standard InChI is InChI=1S/C15H17N5O6S2.C15H19N5O4S2.C15H22N4O6S/c1-18(2)9-17-28(24,25)12-8-10(14(21)26-4)7-11(20(22)23)13(12)27-15-16-5-6-19(15)3;1-19(2)9-18-26(22,23)12-8-10(14(21)24-4)7-11(16)13(12)25-15-17-5-6-20(15)3;1-5-6-7-16-14-12(19(21)22)8-11(15(20)25-4)9-13(14)26(23,24)17-10-18(2)3/h5-9H,1-4H3;5-9H,16H2,1-4H3;8-10,16H,5-7H2,1-4H3. The molecule has 0 fully saturated rings. The second-order valence-electron chi connectivity index (χ2n) is 16.7. The Balaban J connectivity index is 0.000000316. The summed E-state index contributed by atoms with van der Waals surface area (Å²) in [6.07, 6.45) is 11.1. The maximum atomic E-state index is 12.8. The minimum Gasteiger partial charge on any atom is -0.465 e. The molecule has 0 radical (unpaired) electrons. The summed E-state index contributed by atoms with van der Waals surface area (Å²) in [5, 5.41) is 26.7. The lowest BCUT2D eigenvalue weighted by Gasteiger charge is -2.13. The first-order valence-electron chi connectivity index (χ1n) is 22.6. The Hall–Kier alpha value is -8.15. The van der Waals surface area contributed by atoms with Gasteiger partial charge in [0.25, 0.3) is 41.4 Å². The fourth-order valence-electron chi connectivity index (χ4n) is 5.89. The molecule has 3 N–H and O–H groups in total. The average molecular weight is 1210 g/mol. The normalized spacial score (nSPS) is 11.6. The van der Waals surface area contributed by atoms with Gasteiger partial charge in [0, 0.05) is 106 Å². The van der Waals surface area contributed by atoms with E-state index in [1.54, 1.807) is 84.1 Å². The number of carbonyl (C=O) groups is 3. The molecule has 35 heteroatoms. The second kappa shape index (κ2) is 29.2. The zero-order chi connectivity index (χ0) is 60.4. The monoisotopic (exact) mass is 1210 g/mol. The number of methoxy groups -OCH3 is 3. The number of ether oxygens (including phenoxy) is 3. The summed E-state index contributed by atoms with van der Waals surface area (Å²) in [5.74, 6) is -2.50. The zero-order valence-electron chi connectivity index (χ0n) is 45.1. The van der Waals surface area contributed by atoms with Crippen LogP contribution in [0.5, 0.6) is 0 Å². The minimum atomic E-state index is -4.36. The molecule has 0 unspecified atom stereocenters. The highest BCUT2D eigenvalue weighted by molar-refractivity contribution is 8.00. The van der Waals surface area contributed by atoms with Crippen molar-refractivity contribution in [2.45, 2.75) is 54.6 Å². The highest BCUT2D eigenvalue weighted by atomic mass is 32.2. The number of carbonyl (C=O) groups excluding carboxylic acids is 3. The molecule has 2 heterocycles. The molecule has 0 aliphatic rings. The van der Waals surface area contributed by atoms with E-state index in [4.69, 9.17) is 5.73 Å². The Morgan fingerprint density at radius 3 is 1.36 bits per heavy atom. The van der Waals surface area contributed by atoms with Gasteiger partial charge in [0.05, 0.1) is 52.8 Å².